The van der Waals surface area contributed by atoms with Gasteiger partial charge in [-0.3, -0.25) is 4.79 Å². The van der Waals surface area contributed by atoms with Crippen LogP contribution < -0.4 is 21.7 Å². The highest BCUT2D eigenvalue weighted by Crippen LogP contribution is 2.24. The minimum absolute atomic E-state index is 0.176. The molecule has 10 heteroatoms. The number of carbonyl (C=O) groups excluding carboxylic acids is 2. The molecule has 6 N–H and O–H groups in total. The molecule has 0 unspecified atom stereocenters. The lowest BCUT2D eigenvalue weighted by atomic mass is 10.1. The lowest BCUT2D eigenvalue weighted by molar-refractivity contribution is 0.0564. The molecule has 2 aromatic carbocycles. The Morgan fingerprint density at radius 1 is 1.06 bits per heavy atom. The number of para-hydroxylation sites is 1. The van der Waals surface area contributed by atoms with Crippen molar-refractivity contribution in [2.45, 2.75) is 6.42 Å². The third-order valence-corrected chi connectivity index (χ3v) is 5.56. The largest absolute Gasteiger partial charge is 0.508 e. The Balaban J connectivity index is 1.43. The first-order valence-corrected chi connectivity index (χ1v) is 11.3. The number of hydrogen-bond acceptors (Lipinski definition) is 7. The molecular weight excluding hydrogens is 448 g/mol. The molecule has 0 bridgehead atoms. The zero-order valence-electron chi connectivity index (χ0n) is 19.2. The number of primary amides is 1. The van der Waals surface area contributed by atoms with E-state index in [1.165, 1.54) is 6.20 Å². The number of nitrogens with zero attached hydrogens (tertiary/aromatic N) is 2. The average Bonchev–Trinajstić information content (AvgIpc) is 2.86. The second-order valence-electron chi connectivity index (χ2n) is 8.02. The van der Waals surface area contributed by atoms with Gasteiger partial charge < -0.3 is 36.4 Å². The summed E-state index contributed by atoms with van der Waals surface area (Å²) in [5, 5.41) is 19.3. The number of ether oxygens (including phenoxy) is 1. The van der Waals surface area contributed by atoms with Crippen molar-refractivity contribution in [2.24, 2.45) is 5.73 Å². The monoisotopic (exact) mass is 476 g/mol. The zero-order valence-corrected chi connectivity index (χ0v) is 19.2. The van der Waals surface area contributed by atoms with Crippen LogP contribution in [0.25, 0.3) is 0 Å². The van der Waals surface area contributed by atoms with Crippen LogP contribution >= 0.6 is 0 Å². The summed E-state index contributed by atoms with van der Waals surface area (Å²) in [4.78, 5) is 30.4. The number of pyridine rings is 1. The van der Waals surface area contributed by atoms with Crippen molar-refractivity contribution in [3.8, 4) is 5.75 Å². The van der Waals surface area contributed by atoms with Gasteiger partial charge >= 0.3 is 6.03 Å². The Kier molecular flexibility index (Phi) is 7.63. The molecule has 0 atom stereocenters. The number of rotatable bonds is 8. The van der Waals surface area contributed by atoms with E-state index in [0.717, 1.165) is 5.56 Å². The lowest BCUT2D eigenvalue weighted by Gasteiger charge is -2.27. The van der Waals surface area contributed by atoms with Crippen LogP contribution in [-0.4, -0.2) is 59.8 Å². The van der Waals surface area contributed by atoms with Gasteiger partial charge in [0.15, 0.2) is 0 Å². The van der Waals surface area contributed by atoms with Gasteiger partial charge in [-0.05, 0) is 36.2 Å². The topological polar surface area (TPSA) is 142 Å². The fourth-order valence-electron chi connectivity index (χ4n) is 3.71. The Morgan fingerprint density at radius 2 is 1.83 bits per heavy atom. The number of anilines is 4. The van der Waals surface area contributed by atoms with Gasteiger partial charge in [0.05, 0.1) is 24.5 Å². The van der Waals surface area contributed by atoms with Gasteiger partial charge in [-0.2, -0.15) is 0 Å². The zero-order chi connectivity index (χ0) is 24.6. The number of morpholine rings is 1. The summed E-state index contributed by atoms with van der Waals surface area (Å²) in [5.41, 5.74) is 8.46. The van der Waals surface area contributed by atoms with Gasteiger partial charge in [0.2, 0.25) is 0 Å². The molecule has 4 rings (SSSR count). The molecule has 0 aliphatic carbocycles. The normalized spacial score (nSPS) is 13.2. The van der Waals surface area contributed by atoms with E-state index < -0.39 is 5.91 Å². The van der Waals surface area contributed by atoms with Crippen molar-refractivity contribution in [1.29, 1.82) is 0 Å². The van der Waals surface area contributed by atoms with Gasteiger partial charge in [0.25, 0.3) is 5.91 Å². The fourth-order valence-corrected chi connectivity index (χ4v) is 3.71. The van der Waals surface area contributed by atoms with Crippen molar-refractivity contribution >= 4 is 34.8 Å². The van der Waals surface area contributed by atoms with E-state index in [0.29, 0.717) is 62.1 Å². The van der Waals surface area contributed by atoms with Crippen molar-refractivity contribution < 1.29 is 19.4 Å². The number of aromatic hydroxyl groups is 1. The van der Waals surface area contributed by atoms with Crippen LogP contribution in [0.3, 0.4) is 0 Å². The maximum atomic E-state index is 12.5. The number of amides is 3. The molecule has 1 aliphatic heterocycles. The Morgan fingerprint density at radius 3 is 2.60 bits per heavy atom. The van der Waals surface area contributed by atoms with Crippen molar-refractivity contribution in [2.75, 3.05) is 48.8 Å². The van der Waals surface area contributed by atoms with E-state index in [4.69, 9.17) is 10.5 Å². The number of phenolic OH excluding ortho intramolecular Hbond substituents is 1. The highest BCUT2D eigenvalue weighted by molar-refractivity contribution is 5.98. The van der Waals surface area contributed by atoms with Crippen LogP contribution in [0.15, 0.2) is 60.8 Å². The van der Waals surface area contributed by atoms with Crippen LogP contribution in [0.1, 0.15) is 15.9 Å². The first-order valence-electron chi connectivity index (χ1n) is 11.3. The Hall–Kier alpha value is -4.31. The molecule has 2 heterocycles. The van der Waals surface area contributed by atoms with Gasteiger partial charge in [-0.25, -0.2) is 9.78 Å². The van der Waals surface area contributed by atoms with Crippen molar-refractivity contribution in [1.82, 2.24) is 9.88 Å². The molecule has 1 aliphatic rings. The molecular formula is C25H28N6O4. The molecule has 1 aromatic heterocycles. The van der Waals surface area contributed by atoms with Crippen LogP contribution in [0.5, 0.6) is 5.75 Å². The number of urea groups is 1. The molecule has 3 aromatic rings. The highest BCUT2D eigenvalue weighted by atomic mass is 16.5. The number of nitrogens with two attached hydrogens (primary N) is 1. The summed E-state index contributed by atoms with van der Waals surface area (Å²) in [7, 11) is 0. The van der Waals surface area contributed by atoms with E-state index >= 15 is 0 Å². The number of benzene rings is 2. The smallest absolute Gasteiger partial charge is 0.322 e. The first kappa shape index (κ1) is 23.8. The number of phenols is 1. The quantitative estimate of drug-likeness (QED) is 0.336. The van der Waals surface area contributed by atoms with Crippen LogP contribution in [0.4, 0.5) is 27.7 Å². The first-order chi connectivity index (χ1) is 17.0. The minimum atomic E-state index is -0.595. The maximum absolute atomic E-state index is 12.5. The van der Waals surface area contributed by atoms with E-state index in [1.807, 2.05) is 24.3 Å². The van der Waals surface area contributed by atoms with E-state index in [2.05, 4.69) is 20.9 Å². The molecule has 182 valence electrons. The Labute approximate surface area is 203 Å². The SMILES string of the molecule is NC(=O)c1cnc(Nc2cccc(NC(=O)N3CCOCC3)c2)cc1NCCc1ccccc1O. The van der Waals surface area contributed by atoms with Crippen LogP contribution in [0.2, 0.25) is 0 Å². The third kappa shape index (κ3) is 6.39. The summed E-state index contributed by atoms with van der Waals surface area (Å²) in [6.07, 6.45) is 1.97. The predicted octanol–water partition coefficient (Wildman–Crippen LogP) is 3.15. The van der Waals surface area contributed by atoms with Crippen molar-refractivity contribution in [3.63, 3.8) is 0 Å². The van der Waals surface area contributed by atoms with Gasteiger partial charge in [-0.1, -0.05) is 24.3 Å². The number of aromatic nitrogens is 1. The molecule has 1 fully saturated rings. The Bertz CT molecular complexity index is 1200. The molecule has 0 saturated carbocycles. The highest BCUT2D eigenvalue weighted by Gasteiger charge is 2.17. The number of carbonyl (C=O) groups is 2. The number of nitrogens with one attached hydrogen (secondary N) is 3. The summed E-state index contributed by atoms with van der Waals surface area (Å²) in [5.74, 6) is 0.126. The molecule has 0 radical (unpaired) electrons. The fraction of sp³-hybridized carbons (Fsp3) is 0.240. The van der Waals surface area contributed by atoms with Crippen LogP contribution in [0, 0.1) is 0 Å². The number of hydrogen-bond donors (Lipinski definition) is 5. The lowest BCUT2D eigenvalue weighted by Crippen LogP contribution is -2.43. The van der Waals surface area contributed by atoms with E-state index in [1.54, 1.807) is 35.2 Å². The summed E-state index contributed by atoms with van der Waals surface area (Å²) in [6, 6.07) is 15.9. The van der Waals surface area contributed by atoms with E-state index in [-0.39, 0.29) is 17.3 Å². The predicted molar refractivity (Wildman–Crippen MR) is 134 cm³/mol. The molecule has 35 heavy (non-hydrogen) atoms. The average molecular weight is 477 g/mol. The van der Waals surface area contributed by atoms with Gasteiger partial charge in [0, 0.05) is 43.3 Å². The molecule has 1 saturated heterocycles. The third-order valence-electron chi connectivity index (χ3n) is 5.56. The summed E-state index contributed by atoms with van der Waals surface area (Å²) >= 11 is 0. The molecule has 0 spiro atoms. The summed E-state index contributed by atoms with van der Waals surface area (Å²) < 4.78 is 5.29. The maximum Gasteiger partial charge on any atom is 0.322 e. The standard InChI is InChI=1S/C25H28N6O4/c26-24(33)20-16-28-23(15-21(20)27-9-8-17-4-1-2-7-22(17)32)29-18-5-3-6-19(14-18)30-25(34)31-10-12-35-13-11-31/h1-7,14-16,32H,8-13H2,(H2,26,33)(H,30,34)(H2,27,28,29). The summed E-state index contributed by atoms with van der Waals surface area (Å²) in [6.45, 7) is 2.65. The van der Waals surface area contributed by atoms with Crippen molar-refractivity contribution in [3.05, 3.63) is 71.9 Å². The second-order valence-corrected chi connectivity index (χ2v) is 8.02. The van der Waals surface area contributed by atoms with Gasteiger partial charge in [-0.15, -0.1) is 0 Å². The minimum Gasteiger partial charge on any atom is -0.508 e. The van der Waals surface area contributed by atoms with Crippen LogP contribution in [-0.2, 0) is 11.2 Å². The van der Waals surface area contributed by atoms with Gasteiger partial charge in [0.1, 0.15) is 11.6 Å². The van der Waals surface area contributed by atoms with E-state index in [9.17, 15) is 14.7 Å². The molecule has 3 amide bonds. The second kappa shape index (κ2) is 11.2. The molecule has 10 nitrogen and oxygen atoms in total.